The van der Waals surface area contributed by atoms with E-state index in [1.165, 1.54) is 29.0 Å². The molecule has 2 aromatic carbocycles. The Morgan fingerprint density at radius 3 is 2.13 bits per heavy atom. The third kappa shape index (κ3) is 5.88. The van der Waals surface area contributed by atoms with Crippen molar-refractivity contribution in [1.29, 1.82) is 0 Å². The lowest BCUT2D eigenvalue weighted by molar-refractivity contribution is -0.134. The van der Waals surface area contributed by atoms with E-state index in [1.54, 1.807) is 41.3 Å². The largest absolute Gasteiger partial charge is 0.342 e. The number of carbonyl (C=O) groups is 3. The summed E-state index contributed by atoms with van der Waals surface area (Å²) in [4.78, 5) is 53.8. The predicted molar refractivity (Wildman–Crippen MR) is 146 cm³/mol. The fourth-order valence-electron chi connectivity index (χ4n) is 5.14. The van der Waals surface area contributed by atoms with Crippen molar-refractivity contribution in [3.63, 3.8) is 0 Å². The van der Waals surface area contributed by atoms with Gasteiger partial charge in [0.05, 0.1) is 29.1 Å². The molecule has 1 saturated carbocycles. The van der Waals surface area contributed by atoms with Crippen LogP contribution in [0.2, 0.25) is 5.02 Å². The Balaban J connectivity index is 1.35. The summed E-state index contributed by atoms with van der Waals surface area (Å²) in [6.07, 6.45) is 5.33. The molecule has 0 bridgehead atoms. The van der Waals surface area contributed by atoms with E-state index < -0.39 is 35.4 Å². The maximum absolute atomic E-state index is 15.0. The first kappa shape index (κ1) is 26.6. The second kappa shape index (κ2) is 11.4. The van der Waals surface area contributed by atoms with Crippen molar-refractivity contribution in [3.05, 3.63) is 88.1 Å². The Bertz CT molecular complexity index is 1450. The number of nitrogens with zero attached hydrogens (tertiary/aromatic N) is 2. The molecule has 10 heteroatoms. The molecule has 39 heavy (non-hydrogen) atoms. The van der Waals surface area contributed by atoms with Crippen molar-refractivity contribution in [3.8, 4) is 5.69 Å². The molecule has 1 aliphatic heterocycles. The van der Waals surface area contributed by atoms with Gasteiger partial charge in [-0.15, -0.1) is 0 Å². The van der Waals surface area contributed by atoms with E-state index in [0.717, 1.165) is 31.7 Å². The molecular weight excluding hydrogens is 523 g/mol. The van der Waals surface area contributed by atoms with Crippen LogP contribution in [0.5, 0.6) is 0 Å². The summed E-state index contributed by atoms with van der Waals surface area (Å²) in [5.41, 5.74) is 0.375. The first-order valence-electron chi connectivity index (χ1n) is 13.0. The first-order chi connectivity index (χ1) is 18.8. The fourth-order valence-corrected chi connectivity index (χ4v) is 5.27. The van der Waals surface area contributed by atoms with Gasteiger partial charge in [-0.2, -0.15) is 0 Å². The lowest BCUT2D eigenvalue weighted by atomic mass is 10.2. The van der Waals surface area contributed by atoms with Crippen LogP contribution in [0, 0.1) is 23.6 Å². The number of nitrogens with one attached hydrogen (secondary N) is 2. The maximum Gasteiger partial charge on any atom is 0.255 e. The van der Waals surface area contributed by atoms with Crippen LogP contribution < -0.4 is 16.2 Å². The standard InChI is InChI=1S/C29H28ClFN4O4/c30-18-8-10-19(11-9-18)32-27(37)24-25(26(24)29(39)34-14-4-1-2-5-15-34)28(38)33-22-13-12-20(17-21(22)31)35-16-6-3-7-23(35)36/h3,6-13,16-17,24-26H,1-2,4-5,14-15H2,(H,32,37)(H,33,38)/t24-,25+,26-/m0/s1. The molecule has 2 aliphatic rings. The number of benzene rings is 2. The molecule has 1 saturated heterocycles. The first-order valence-corrected chi connectivity index (χ1v) is 13.3. The lowest BCUT2D eigenvalue weighted by Crippen LogP contribution is -2.35. The number of rotatable bonds is 6. The third-order valence-electron chi connectivity index (χ3n) is 7.25. The number of hydrogen-bond acceptors (Lipinski definition) is 4. The van der Waals surface area contributed by atoms with E-state index in [9.17, 15) is 23.6 Å². The molecule has 3 amide bonds. The van der Waals surface area contributed by atoms with Crippen molar-refractivity contribution >= 4 is 40.7 Å². The van der Waals surface area contributed by atoms with Crippen LogP contribution in [0.25, 0.3) is 5.69 Å². The second-order valence-electron chi connectivity index (χ2n) is 9.88. The van der Waals surface area contributed by atoms with E-state index in [1.807, 2.05) is 0 Å². The summed E-state index contributed by atoms with van der Waals surface area (Å²) >= 11 is 5.93. The lowest BCUT2D eigenvalue weighted by Gasteiger charge is -2.20. The Kier molecular flexibility index (Phi) is 7.79. The number of hydrogen-bond donors (Lipinski definition) is 2. The smallest absolute Gasteiger partial charge is 0.255 e. The van der Waals surface area contributed by atoms with Crippen LogP contribution in [0.1, 0.15) is 25.7 Å². The highest BCUT2D eigenvalue weighted by Gasteiger charge is 2.63. The summed E-state index contributed by atoms with van der Waals surface area (Å²) < 4.78 is 16.3. The molecule has 8 nitrogen and oxygen atoms in total. The van der Waals surface area contributed by atoms with Gasteiger partial charge in [-0.25, -0.2) is 4.39 Å². The molecular formula is C29H28ClFN4O4. The number of aromatic nitrogens is 1. The van der Waals surface area contributed by atoms with Crippen LogP contribution in [-0.4, -0.2) is 40.3 Å². The van der Waals surface area contributed by atoms with Gasteiger partial charge in [0.25, 0.3) is 5.56 Å². The summed E-state index contributed by atoms with van der Waals surface area (Å²) in [5.74, 6) is -4.69. The third-order valence-corrected chi connectivity index (χ3v) is 7.50. The van der Waals surface area contributed by atoms with Crippen LogP contribution in [0.4, 0.5) is 15.8 Å². The number of anilines is 2. The molecule has 2 fully saturated rings. The minimum Gasteiger partial charge on any atom is -0.342 e. The highest BCUT2D eigenvalue weighted by Crippen LogP contribution is 2.49. The number of likely N-dealkylation sites (tertiary alicyclic amines) is 1. The van der Waals surface area contributed by atoms with Crippen LogP contribution in [0.15, 0.2) is 71.7 Å². The van der Waals surface area contributed by atoms with Crippen LogP contribution in [0.3, 0.4) is 0 Å². The average molecular weight is 551 g/mol. The van der Waals surface area contributed by atoms with E-state index in [-0.39, 0.29) is 17.2 Å². The molecule has 5 rings (SSSR count). The molecule has 3 atom stereocenters. The van der Waals surface area contributed by atoms with Gasteiger partial charge < -0.3 is 15.5 Å². The van der Waals surface area contributed by atoms with Crippen molar-refractivity contribution < 1.29 is 18.8 Å². The van der Waals surface area contributed by atoms with Gasteiger partial charge in [-0.05, 0) is 55.3 Å². The number of halogens is 2. The Morgan fingerprint density at radius 2 is 1.49 bits per heavy atom. The zero-order chi connectivity index (χ0) is 27.5. The van der Waals surface area contributed by atoms with Gasteiger partial charge in [0, 0.05) is 42.1 Å². The van der Waals surface area contributed by atoms with Gasteiger partial charge in [-0.3, -0.25) is 23.7 Å². The van der Waals surface area contributed by atoms with Gasteiger partial charge >= 0.3 is 0 Å². The molecule has 0 spiro atoms. The minimum atomic E-state index is -0.941. The molecule has 0 radical (unpaired) electrons. The van der Waals surface area contributed by atoms with E-state index >= 15 is 0 Å². The highest BCUT2D eigenvalue weighted by molar-refractivity contribution is 6.30. The van der Waals surface area contributed by atoms with Crippen molar-refractivity contribution in [1.82, 2.24) is 9.47 Å². The summed E-state index contributed by atoms with van der Waals surface area (Å²) in [7, 11) is 0. The average Bonchev–Trinajstić information content (AvgIpc) is 3.72. The normalized spacial score (nSPS) is 20.6. The number of carbonyl (C=O) groups excluding carboxylic acids is 3. The molecule has 3 aromatic rings. The predicted octanol–water partition coefficient (Wildman–Crippen LogP) is 4.47. The molecule has 202 valence electrons. The number of pyridine rings is 1. The summed E-state index contributed by atoms with van der Waals surface area (Å²) in [6.45, 7) is 1.17. The fraction of sp³-hybridized carbons (Fsp3) is 0.310. The maximum atomic E-state index is 15.0. The van der Waals surface area contributed by atoms with Crippen LogP contribution in [-0.2, 0) is 14.4 Å². The molecule has 0 unspecified atom stereocenters. The Hall–Kier alpha value is -3.98. The van der Waals surface area contributed by atoms with Gasteiger partial charge in [-0.1, -0.05) is 30.5 Å². The van der Waals surface area contributed by atoms with Crippen LogP contribution >= 0.6 is 11.6 Å². The van der Waals surface area contributed by atoms with E-state index in [0.29, 0.717) is 29.5 Å². The molecule has 2 N–H and O–H groups in total. The van der Waals surface area contributed by atoms with Gasteiger partial charge in [0.1, 0.15) is 5.82 Å². The second-order valence-corrected chi connectivity index (χ2v) is 10.3. The minimum absolute atomic E-state index is 0.0996. The topological polar surface area (TPSA) is 101 Å². The SMILES string of the molecule is O=C(Nc1ccc(-n2ccccc2=O)cc1F)[C@@H]1[C@H](C(=O)Nc2ccc(Cl)cc2)[C@@H]1C(=O)N1CCCCCC1. The highest BCUT2D eigenvalue weighted by atomic mass is 35.5. The van der Waals surface area contributed by atoms with Crippen molar-refractivity contribution in [2.45, 2.75) is 25.7 Å². The zero-order valence-corrected chi connectivity index (χ0v) is 21.9. The summed E-state index contributed by atoms with van der Waals surface area (Å²) in [5, 5.41) is 5.83. The number of amides is 3. The molecule has 1 aliphatic carbocycles. The summed E-state index contributed by atoms with van der Waals surface area (Å²) in [6, 6.07) is 15.1. The van der Waals surface area contributed by atoms with E-state index in [4.69, 9.17) is 11.6 Å². The molecule has 1 aromatic heterocycles. The monoisotopic (exact) mass is 550 g/mol. The Morgan fingerprint density at radius 1 is 0.821 bits per heavy atom. The molecule has 2 heterocycles. The zero-order valence-electron chi connectivity index (χ0n) is 21.1. The van der Waals surface area contributed by atoms with Crippen molar-refractivity contribution in [2.75, 3.05) is 23.7 Å². The van der Waals surface area contributed by atoms with Gasteiger partial charge in [0.2, 0.25) is 17.7 Å². The Labute approximate surface area is 229 Å². The van der Waals surface area contributed by atoms with Gasteiger partial charge in [0.15, 0.2) is 0 Å². The van der Waals surface area contributed by atoms with Crippen molar-refractivity contribution in [2.24, 2.45) is 17.8 Å². The van der Waals surface area contributed by atoms with E-state index in [2.05, 4.69) is 10.6 Å². The quantitative estimate of drug-likeness (QED) is 0.473.